The van der Waals surface area contributed by atoms with Gasteiger partial charge in [-0.2, -0.15) is 0 Å². The summed E-state index contributed by atoms with van der Waals surface area (Å²) in [6.45, 7) is 9.57. The fraction of sp³-hybridized carbons (Fsp3) is 0.411. The Kier molecular flexibility index (Phi) is 20.1. The number of aryl methyl sites for hydroxylation is 3. The maximum Gasteiger partial charge on any atom is 0.251 e. The lowest BCUT2D eigenvalue weighted by Gasteiger charge is -2.35. The normalized spacial score (nSPS) is 14.6. The Bertz CT molecular complexity index is 2960. The number of amidine groups is 2. The van der Waals surface area contributed by atoms with Crippen molar-refractivity contribution >= 4 is 52.3 Å². The molecule has 1 aliphatic heterocycles. The van der Waals surface area contributed by atoms with Crippen LogP contribution in [-0.2, 0) is 40.4 Å². The lowest BCUT2D eigenvalue weighted by atomic mass is 9.85. The average Bonchev–Trinajstić information content (AvgIpc) is 4.22. The number of likely N-dealkylation sites (N-methyl/N-ethyl adjacent to an activating group) is 1. The molecule has 4 heterocycles. The van der Waals surface area contributed by atoms with Gasteiger partial charge in [0, 0.05) is 69.7 Å². The third kappa shape index (κ3) is 16.5. The number of likely N-dealkylation sites (tertiary alicyclic amines) is 1. The van der Waals surface area contributed by atoms with E-state index in [0.717, 1.165) is 64.4 Å². The van der Waals surface area contributed by atoms with Gasteiger partial charge in [0.1, 0.15) is 35.7 Å². The molecule has 21 heteroatoms. The number of rotatable bonds is 25. The molecule has 0 unspecified atom stereocenters. The van der Waals surface area contributed by atoms with Crippen LogP contribution in [0.25, 0.3) is 10.4 Å². The molecule has 1 fully saturated rings. The number of anilines is 1. The number of thiazole rings is 1. The van der Waals surface area contributed by atoms with E-state index in [1.165, 1.54) is 16.1 Å². The van der Waals surface area contributed by atoms with Gasteiger partial charge in [0.25, 0.3) is 5.91 Å². The predicted molar refractivity (Wildman–Crippen MR) is 295 cm³/mol. The van der Waals surface area contributed by atoms with Gasteiger partial charge >= 0.3 is 0 Å². The van der Waals surface area contributed by atoms with E-state index in [0.29, 0.717) is 49.5 Å². The second-order valence-corrected chi connectivity index (χ2v) is 21.1. The topological polar surface area (TPSA) is 269 Å². The first-order chi connectivity index (χ1) is 37.0. The Balaban J connectivity index is 0.757. The van der Waals surface area contributed by atoms with Crippen molar-refractivity contribution in [2.45, 2.75) is 117 Å². The zero-order valence-electron chi connectivity index (χ0n) is 44.4. The number of amides is 4. The molecular weight excluding hydrogens is 997 g/mol. The third-order valence-corrected chi connectivity index (χ3v) is 14.2. The van der Waals surface area contributed by atoms with Crippen molar-refractivity contribution in [3.8, 4) is 16.2 Å². The number of benzene rings is 3. The van der Waals surface area contributed by atoms with E-state index >= 15 is 0 Å². The summed E-state index contributed by atoms with van der Waals surface area (Å²) in [6, 6.07) is 22.4. The van der Waals surface area contributed by atoms with Crippen molar-refractivity contribution in [3.63, 3.8) is 0 Å². The minimum Gasteiger partial charge on any atom is -0.494 e. The Morgan fingerprint density at radius 2 is 1.70 bits per heavy atom. The number of carbonyl (C=O) groups is 4. The van der Waals surface area contributed by atoms with Gasteiger partial charge in [-0.1, -0.05) is 74.9 Å². The summed E-state index contributed by atoms with van der Waals surface area (Å²) in [4.78, 5) is 70.2. The van der Waals surface area contributed by atoms with Crippen LogP contribution in [0.15, 0.2) is 103 Å². The van der Waals surface area contributed by atoms with E-state index in [4.69, 9.17) is 15.6 Å². The molecule has 0 aliphatic carbocycles. The fourth-order valence-electron chi connectivity index (χ4n) is 8.77. The number of hydrogen-bond acceptors (Lipinski definition) is 15. The van der Waals surface area contributed by atoms with Crippen LogP contribution in [0, 0.1) is 23.2 Å². The van der Waals surface area contributed by atoms with Crippen LogP contribution in [-0.4, -0.2) is 125 Å². The van der Waals surface area contributed by atoms with Gasteiger partial charge in [-0.15, -0.1) is 16.4 Å². The SMILES string of the molecule is Cc1ncsc1-c1ccc(CNC(=O)[C@@H]2C[C@@H](O)CN2C(=O)[C@@H](NC(=O)CCCc2cn(CCCCCCOc3cccc(CNC(=O)c4cccc(NCC(=N)N(C)C(=N)c5ccncn5)c4)c3)nn2)C(C)(C)C)cc1. The molecule has 7 rings (SSSR count). The molecule has 0 bridgehead atoms. The van der Waals surface area contributed by atoms with E-state index in [2.05, 4.69) is 46.5 Å². The molecule has 3 atom stereocenters. The van der Waals surface area contributed by atoms with Crippen molar-refractivity contribution in [2.24, 2.45) is 5.41 Å². The predicted octanol–water partition coefficient (Wildman–Crippen LogP) is 6.55. The first kappa shape index (κ1) is 56.8. The molecule has 20 nitrogen and oxygen atoms in total. The molecular formula is C56H70N14O6S. The van der Waals surface area contributed by atoms with E-state index in [1.807, 2.05) is 98.7 Å². The number of unbranched alkanes of at least 4 members (excludes halogenated alkanes) is 3. The molecule has 3 aromatic heterocycles. The summed E-state index contributed by atoms with van der Waals surface area (Å²) in [5.41, 5.74) is 7.30. The molecule has 6 aromatic rings. The zero-order valence-corrected chi connectivity index (χ0v) is 45.2. The highest BCUT2D eigenvalue weighted by atomic mass is 32.1. The largest absolute Gasteiger partial charge is 0.494 e. The summed E-state index contributed by atoms with van der Waals surface area (Å²) in [6.07, 6.45) is 9.03. The van der Waals surface area contributed by atoms with Crippen molar-refractivity contribution in [3.05, 3.63) is 137 Å². The number of nitrogens with zero attached hydrogens (tertiary/aromatic N) is 8. The van der Waals surface area contributed by atoms with Gasteiger partial charge in [-0.05, 0) is 97.5 Å². The van der Waals surface area contributed by atoms with Crippen LogP contribution >= 0.6 is 11.3 Å². The molecule has 77 heavy (non-hydrogen) atoms. The van der Waals surface area contributed by atoms with Gasteiger partial charge in [0.2, 0.25) is 17.7 Å². The van der Waals surface area contributed by atoms with Crippen LogP contribution in [0.2, 0.25) is 0 Å². The second-order valence-electron chi connectivity index (χ2n) is 20.2. The summed E-state index contributed by atoms with van der Waals surface area (Å²) in [5, 5.41) is 48.0. The number of aliphatic hydroxyl groups excluding tert-OH is 1. The number of aromatic nitrogens is 6. The first-order valence-corrected chi connectivity index (χ1v) is 26.8. The standard InChI is InChI=1S/C56H70N14O6S/c1-37-50(77-36-64-37)40-21-19-38(20-22-40)30-62-54(74)47-29-44(71)34-70(47)55(75)51(56(2,3)4)65-49(72)18-12-16-43-33-69(67-66-43)25-8-6-7-9-26-76-45-17-10-13-39(27-45)31-61-53(73)41-14-11-15-42(28-41)60-32-48(57)68(5)52(58)46-23-24-59-35-63-46/h10-11,13-15,17,19-24,27-28,33,35-36,44,47,51,57-58,60,71H,6-9,12,16,18,25-26,29-32,34H2,1-5H3,(H,61,73)(H,62,74)(H,65,72)/t44-,47+,51-/m1/s1. The van der Waals surface area contributed by atoms with Gasteiger partial charge in [0.15, 0.2) is 5.84 Å². The lowest BCUT2D eigenvalue weighted by molar-refractivity contribution is -0.144. The highest BCUT2D eigenvalue weighted by Crippen LogP contribution is 2.29. The Morgan fingerprint density at radius 1 is 0.922 bits per heavy atom. The minimum absolute atomic E-state index is 0.00331. The van der Waals surface area contributed by atoms with E-state index in [9.17, 15) is 24.3 Å². The highest BCUT2D eigenvalue weighted by molar-refractivity contribution is 7.13. The average molecular weight is 1070 g/mol. The van der Waals surface area contributed by atoms with Crippen LogP contribution in [0.4, 0.5) is 5.69 Å². The quantitative estimate of drug-likeness (QED) is 0.0182. The molecule has 4 amide bonds. The van der Waals surface area contributed by atoms with Crippen LogP contribution in [0.1, 0.15) is 104 Å². The maximum absolute atomic E-state index is 14.1. The monoisotopic (exact) mass is 1070 g/mol. The maximum atomic E-state index is 14.1. The van der Waals surface area contributed by atoms with Gasteiger partial charge < -0.3 is 40.9 Å². The van der Waals surface area contributed by atoms with Gasteiger partial charge in [-0.25, -0.2) is 15.0 Å². The zero-order chi connectivity index (χ0) is 54.9. The number of ether oxygens (including phenoxy) is 1. The van der Waals surface area contributed by atoms with Gasteiger partial charge in [-0.3, -0.25) is 34.7 Å². The van der Waals surface area contributed by atoms with Crippen LogP contribution < -0.4 is 26.0 Å². The fourth-order valence-corrected chi connectivity index (χ4v) is 9.58. The number of β-amino-alcohol motifs (C(OH)–C–C–N with tert-alkyl or cyclic N) is 1. The van der Waals surface area contributed by atoms with E-state index < -0.39 is 29.5 Å². The lowest BCUT2D eigenvalue weighted by Crippen LogP contribution is -2.57. The molecule has 0 saturated carbocycles. The summed E-state index contributed by atoms with van der Waals surface area (Å²) < 4.78 is 7.86. The number of carbonyl (C=O) groups excluding carboxylic acids is 4. The number of hydrogen-bond donors (Lipinski definition) is 7. The van der Waals surface area contributed by atoms with Crippen molar-refractivity contribution in [1.29, 1.82) is 10.8 Å². The second kappa shape index (κ2) is 27.2. The molecule has 0 spiro atoms. The number of aliphatic hydroxyl groups is 1. The third-order valence-electron chi connectivity index (χ3n) is 13.2. The molecule has 406 valence electrons. The van der Waals surface area contributed by atoms with Crippen molar-refractivity contribution in [2.75, 3.05) is 32.1 Å². The van der Waals surface area contributed by atoms with Gasteiger partial charge in [0.05, 0.1) is 41.0 Å². The smallest absolute Gasteiger partial charge is 0.251 e. The molecule has 1 aliphatic rings. The molecule has 0 radical (unpaired) electrons. The highest BCUT2D eigenvalue weighted by Gasteiger charge is 2.44. The molecule has 7 N–H and O–H groups in total. The number of nitrogens with one attached hydrogen (secondary N) is 6. The Labute approximate surface area is 453 Å². The van der Waals surface area contributed by atoms with Crippen molar-refractivity contribution < 1.29 is 29.0 Å². The Hall–Kier alpha value is -7.91. The van der Waals surface area contributed by atoms with Crippen LogP contribution in [0.5, 0.6) is 5.75 Å². The minimum atomic E-state index is -0.908. The molecule has 1 saturated heterocycles. The van der Waals surface area contributed by atoms with Crippen molar-refractivity contribution in [1.82, 2.24) is 55.7 Å². The molecule has 3 aromatic carbocycles. The first-order valence-electron chi connectivity index (χ1n) is 26.0. The van der Waals surface area contributed by atoms with Crippen LogP contribution in [0.3, 0.4) is 0 Å². The summed E-state index contributed by atoms with van der Waals surface area (Å²) in [7, 11) is 1.63. The summed E-state index contributed by atoms with van der Waals surface area (Å²) in [5.74, 6) is -0.309. The Morgan fingerprint density at radius 3 is 2.45 bits per heavy atom. The van der Waals surface area contributed by atoms with E-state index in [-0.39, 0.29) is 61.9 Å². The van der Waals surface area contributed by atoms with E-state index in [1.54, 1.807) is 48.8 Å². The summed E-state index contributed by atoms with van der Waals surface area (Å²) >= 11 is 1.58.